The summed E-state index contributed by atoms with van der Waals surface area (Å²) in [6.45, 7) is 0. The second kappa shape index (κ2) is 4.28. The zero-order valence-corrected chi connectivity index (χ0v) is 8.90. The zero-order valence-electron chi connectivity index (χ0n) is 8.14. The molecule has 1 aromatic heterocycles. The molecule has 0 unspecified atom stereocenters. The van der Waals surface area contributed by atoms with Crippen LogP contribution in [0.4, 0.5) is 0 Å². The molecule has 0 N–H and O–H groups in total. The van der Waals surface area contributed by atoms with Gasteiger partial charge in [0.25, 0.3) is 0 Å². The SMILES string of the molecule is COc1cc(-c2ccccc2)c(Cl)nn1. The average molecular weight is 221 g/mol. The highest BCUT2D eigenvalue weighted by Crippen LogP contribution is 2.27. The second-order valence-electron chi connectivity index (χ2n) is 2.96. The van der Waals surface area contributed by atoms with Gasteiger partial charge in [-0.2, -0.15) is 0 Å². The lowest BCUT2D eigenvalue weighted by molar-refractivity contribution is 0.392. The van der Waals surface area contributed by atoms with Crippen LogP contribution in [0.1, 0.15) is 0 Å². The van der Waals surface area contributed by atoms with Crippen LogP contribution in [0.25, 0.3) is 11.1 Å². The van der Waals surface area contributed by atoms with E-state index in [4.69, 9.17) is 16.3 Å². The van der Waals surface area contributed by atoms with E-state index in [1.54, 1.807) is 13.2 Å². The van der Waals surface area contributed by atoms with Crippen molar-refractivity contribution in [2.24, 2.45) is 0 Å². The second-order valence-corrected chi connectivity index (χ2v) is 3.32. The smallest absolute Gasteiger partial charge is 0.233 e. The summed E-state index contributed by atoms with van der Waals surface area (Å²) >= 11 is 5.96. The number of benzene rings is 1. The molecule has 0 amide bonds. The molecule has 0 radical (unpaired) electrons. The molecule has 0 aliphatic heterocycles. The summed E-state index contributed by atoms with van der Waals surface area (Å²) in [7, 11) is 1.55. The van der Waals surface area contributed by atoms with Gasteiger partial charge in [0, 0.05) is 11.6 Å². The maximum absolute atomic E-state index is 5.96. The fraction of sp³-hybridized carbons (Fsp3) is 0.0909. The van der Waals surface area contributed by atoms with Gasteiger partial charge in [-0.1, -0.05) is 41.9 Å². The highest BCUT2D eigenvalue weighted by molar-refractivity contribution is 6.32. The van der Waals surface area contributed by atoms with Gasteiger partial charge in [0.2, 0.25) is 5.88 Å². The molecular formula is C11H9ClN2O. The number of nitrogens with zero attached hydrogens (tertiary/aromatic N) is 2. The van der Waals surface area contributed by atoms with Crippen molar-refractivity contribution in [2.75, 3.05) is 7.11 Å². The molecule has 0 saturated carbocycles. The summed E-state index contributed by atoms with van der Waals surface area (Å²) in [5.74, 6) is 0.457. The van der Waals surface area contributed by atoms with Crippen molar-refractivity contribution in [3.8, 4) is 17.0 Å². The Labute approximate surface area is 92.7 Å². The van der Waals surface area contributed by atoms with Crippen LogP contribution in [-0.2, 0) is 0 Å². The summed E-state index contributed by atoms with van der Waals surface area (Å²) in [5, 5.41) is 7.97. The van der Waals surface area contributed by atoms with Crippen LogP contribution in [0.15, 0.2) is 36.4 Å². The van der Waals surface area contributed by atoms with Crippen molar-refractivity contribution >= 4 is 11.6 Å². The Bertz CT molecular complexity index is 459. The minimum atomic E-state index is 0.377. The molecule has 15 heavy (non-hydrogen) atoms. The molecule has 0 atom stereocenters. The molecule has 0 bridgehead atoms. The van der Waals surface area contributed by atoms with Gasteiger partial charge >= 0.3 is 0 Å². The van der Waals surface area contributed by atoms with Crippen LogP contribution in [0.3, 0.4) is 0 Å². The average Bonchev–Trinajstić information content (AvgIpc) is 2.31. The molecule has 1 heterocycles. The summed E-state index contributed by atoms with van der Waals surface area (Å²) in [4.78, 5) is 0. The summed E-state index contributed by atoms with van der Waals surface area (Å²) < 4.78 is 5.00. The normalized spacial score (nSPS) is 10.0. The fourth-order valence-electron chi connectivity index (χ4n) is 1.28. The molecule has 3 nitrogen and oxygen atoms in total. The Morgan fingerprint density at radius 3 is 2.53 bits per heavy atom. The standard InChI is InChI=1S/C11H9ClN2O/c1-15-10-7-9(11(12)14-13-10)8-5-3-2-4-6-8/h2-7H,1H3. The zero-order chi connectivity index (χ0) is 10.7. The van der Waals surface area contributed by atoms with Gasteiger partial charge in [0.1, 0.15) is 0 Å². The third kappa shape index (κ3) is 2.07. The van der Waals surface area contributed by atoms with Crippen LogP contribution in [0.2, 0.25) is 5.15 Å². The van der Waals surface area contributed by atoms with Crippen molar-refractivity contribution < 1.29 is 4.74 Å². The van der Waals surface area contributed by atoms with Crippen LogP contribution in [0.5, 0.6) is 5.88 Å². The maximum atomic E-state index is 5.96. The Morgan fingerprint density at radius 2 is 1.87 bits per heavy atom. The number of ether oxygens (including phenoxy) is 1. The van der Waals surface area contributed by atoms with Crippen LogP contribution in [-0.4, -0.2) is 17.3 Å². The third-order valence-corrected chi connectivity index (χ3v) is 2.30. The van der Waals surface area contributed by atoms with E-state index < -0.39 is 0 Å². The predicted octanol–water partition coefficient (Wildman–Crippen LogP) is 2.81. The summed E-state index contributed by atoms with van der Waals surface area (Å²) in [6.07, 6.45) is 0. The third-order valence-electron chi connectivity index (χ3n) is 2.02. The Hall–Kier alpha value is -1.61. The first-order valence-electron chi connectivity index (χ1n) is 4.44. The molecule has 76 valence electrons. The monoisotopic (exact) mass is 220 g/mol. The van der Waals surface area contributed by atoms with E-state index in [-0.39, 0.29) is 0 Å². The van der Waals surface area contributed by atoms with Crippen LogP contribution in [0, 0.1) is 0 Å². The van der Waals surface area contributed by atoms with Gasteiger partial charge in [-0.05, 0) is 5.56 Å². The van der Waals surface area contributed by atoms with E-state index in [2.05, 4.69) is 10.2 Å². The van der Waals surface area contributed by atoms with Crippen molar-refractivity contribution in [1.29, 1.82) is 0 Å². The van der Waals surface area contributed by atoms with Gasteiger partial charge < -0.3 is 4.74 Å². The molecule has 1 aromatic carbocycles. The first kappa shape index (κ1) is 9.93. The van der Waals surface area contributed by atoms with E-state index in [1.165, 1.54) is 0 Å². The number of hydrogen-bond acceptors (Lipinski definition) is 3. The van der Waals surface area contributed by atoms with Gasteiger partial charge in [0.15, 0.2) is 5.15 Å². The van der Waals surface area contributed by atoms with Gasteiger partial charge in [-0.3, -0.25) is 0 Å². The Morgan fingerprint density at radius 1 is 1.13 bits per heavy atom. The fourth-order valence-corrected chi connectivity index (χ4v) is 1.48. The lowest BCUT2D eigenvalue weighted by atomic mass is 10.1. The van der Waals surface area contributed by atoms with Gasteiger partial charge in [-0.25, -0.2) is 0 Å². The highest BCUT2D eigenvalue weighted by atomic mass is 35.5. The Balaban J connectivity index is 2.52. The van der Waals surface area contributed by atoms with E-state index in [0.29, 0.717) is 11.0 Å². The number of hydrogen-bond donors (Lipinski definition) is 0. The molecule has 0 aliphatic carbocycles. The lowest BCUT2D eigenvalue weighted by Crippen LogP contribution is -1.92. The molecule has 0 spiro atoms. The summed E-state index contributed by atoms with van der Waals surface area (Å²) in [6, 6.07) is 11.5. The van der Waals surface area contributed by atoms with Crippen molar-refractivity contribution in [3.63, 3.8) is 0 Å². The molecule has 2 aromatic rings. The number of rotatable bonds is 2. The van der Waals surface area contributed by atoms with Crippen molar-refractivity contribution in [3.05, 3.63) is 41.6 Å². The quantitative estimate of drug-likeness (QED) is 0.781. The maximum Gasteiger partial charge on any atom is 0.233 e. The molecule has 0 aliphatic rings. The first-order chi connectivity index (χ1) is 7.31. The number of halogens is 1. The van der Waals surface area contributed by atoms with Gasteiger partial charge in [0.05, 0.1) is 7.11 Å². The van der Waals surface area contributed by atoms with E-state index >= 15 is 0 Å². The van der Waals surface area contributed by atoms with Crippen molar-refractivity contribution in [1.82, 2.24) is 10.2 Å². The van der Waals surface area contributed by atoms with Gasteiger partial charge in [-0.15, -0.1) is 10.2 Å². The first-order valence-corrected chi connectivity index (χ1v) is 4.81. The van der Waals surface area contributed by atoms with Crippen molar-refractivity contribution in [2.45, 2.75) is 0 Å². The summed E-state index contributed by atoms with van der Waals surface area (Å²) in [5.41, 5.74) is 1.82. The predicted molar refractivity (Wildman–Crippen MR) is 59.0 cm³/mol. The van der Waals surface area contributed by atoms with E-state index in [0.717, 1.165) is 11.1 Å². The number of methoxy groups -OCH3 is 1. The van der Waals surface area contributed by atoms with Crippen LogP contribution >= 0.6 is 11.6 Å². The topological polar surface area (TPSA) is 35.0 Å². The van der Waals surface area contributed by atoms with E-state index in [9.17, 15) is 0 Å². The molecule has 4 heteroatoms. The Kier molecular flexibility index (Phi) is 2.83. The highest BCUT2D eigenvalue weighted by Gasteiger charge is 2.06. The minimum Gasteiger partial charge on any atom is -0.480 e. The molecular weight excluding hydrogens is 212 g/mol. The largest absolute Gasteiger partial charge is 0.480 e. The number of aromatic nitrogens is 2. The minimum absolute atomic E-state index is 0.377. The van der Waals surface area contributed by atoms with Crippen LogP contribution < -0.4 is 4.74 Å². The molecule has 0 fully saturated rings. The molecule has 2 rings (SSSR count). The molecule has 0 saturated heterocycles. The van der Waals surface area contributed by atoms with E-state index in [1.807, 2.05) is 30.3 Å². The lowest BCUT2D eigenvalue weighted by Gasteiger charge is -2.04.